The summed E-state index contributed by atoms with van der Waals surface area (Å²) < 4.78 is 23.4. The monoisotopic (exact) mass is 444 g/mol. The summed E-state index contributed by atoms with van der Waals surface area (Å²) in [6.07, 6.45) is 3.70. The van der Waals surface area contributed by atoms with E-state index in [1.54, 1.807) is 24.3 Å². The largest absolute Gasteiger partial charge is 0.324 e. The number of nitrogens with two attached hydrogens (primary N) is 1. The first-order valence-corrected chi connectivity index (χ1v) is 12.6. The van der Waals surface area contributed by atoms with E-state index in [0.29, 0.717) is 17.2 Å². The van der Waals surface area contributed by atoms with Crippen molar-refractivity contribution in [2.45, 2.75) is 37.1 Å². The number of fused-ring (bicyclic) bond motifs is 1. The maximum absolute atomic E-state index is 11.7. The van der Waals surface area contributed by atoms with E-state index in [-0.39, 0.29) is 6.04 Å². The Bertz CT molecular complexity index is 1360. The van der Waals surface area contributed by atoms with Crippen LogP contribution in [0.4, 0.5) is 0 Å². The van der Waals surface area contributed by atoms with Crippen LogP contribution in [0.5, 0.6) is 0 Å². The lowest BCUT2D eigenvalue weighted by atomic mass is 9.92. The fourth-order valence-corrected chi connectivity index (χ4v) is 4.60. The van der Waals surface area contributed by atoms with E-state index < -0.39 is 9.84 Å². The molecule has 4 nitrogen and oxygen atoms in total. The molecule has 0 fully saturated rings. The molecule has 0 spiro atoms. The van der Waals surface area contributed by atoms with Crippen molar-refractivity contribution in [3.8, 4) is 11.1 Å². The van der Waals surface area contributed by atoms with Gasteiger partial charge in [0.25, 0.3) is 0 Å². The van der Waals surface area contributed by atoms with Crippen molar-refractivity contribution in [1.29, 1.82) is 0 Å². The lowest BCUT2D eigenvalue weighted by Gasteiger charge is -2.15. The number of rotatable bonds is 6. The third kappa shape index (κ3) is 4.74. The third-order valence-corrected chi connectivity index (χ3v) is 6.95. The molecule has 4 rings (SSSR count). The number of benzene rings is 3. The van der Waals surface area contributed by atoms with Crippen LogP contribution in [0.25, 0.3) is 22.0 Å². The van der Waals surface area contributed by atoms with Crippen LogP contribution < -0.4 is 5.73 Å². The van der Waals surface area contributed by atoms with Crippen LogP contribution in [0, 0.1) is 0 Å². The molecule has 1 aromatic heterocycles. The fraction of sp³-hybridized carbons (Fsp3) is 0.222. The average Bonchev–Trinajstić information content (AvgIpc) is 2.78. The minimum atomic E-state index is -3.21. The molecular formula is C27H28N2O2S. The van der Waals surface area contributed by atoms with E-state index in [0.717, 1.165) is 33.2 Å². The molecule has 0 aliphatic carbocycles. The highest BCUT2D eigenvalue weighted by atomic mass is 32.2. The second-order valence-electron chi connectivity index (χ2n) is 8.65. The Hall–Kier alpha value is -3.02. The van der Waals surface area contributed by atoms with Crippen molar-refractivity contribution in [3.05, 3.63) is 95.7 Å². The predicted octanol–water partition coefficient (Wildman–Crippen LogP) is 5.67. The molecule has 1 atom stereocenters. The smallest absolute Gasteiger partial charge is 0.175 e. The standard InChI is InChI=1S/C27H28N2O2S/c1-18(2)23-16-22-8-5-13-29-27(22)25(17-23)21-7-4-6-19(14-21)15-26(28)20-9-11-24(12-10-20)32(3,30)31/h4-14,16-18,26H,15,28H2,1-3H3. The summed E-state index contributed by atoms with van der Waals surface area (Å²) in [5.74, 6) is 0.421. The van der Waals surface area contributed by atoms with Crippen LogP contribution >= 0.6 is 0 Å². The van der Waals surface area contributed by atoms with Crippen LogP contribution in [0.3, 0.4) is 0 Å². The lowest BCUT2D eigenvalue weighted by molar-refractivity contribution is 0.601. The minimum absolute atomic E-state index is 0.226. The average molecular weight is 445 g/mol. The minimum Gasteiger partial charge on any atom is -0.324 e. The molecule has 4 aromatic rings. The summed E-state index contributed by atoms with van der Waals surface area (Å²) in [7, 11) is -3.21. The first-order chi connectivity index (χ1) is 15.2. The summed E-state index contributed by atoms with van der Waals surface area (Å²) in [6, 6.07) is 23.6. The van der Waals surface area contributed by atoms with Gasteiger partial charge in [0.05, 0.1) is 10.4 Å². The number of sulfone groups is 1. The molecule has 0 bridgehead atoms. The van der Waals surface area contributed by atoms with Crippen LogP contribution in [0.1, 0.15) is 42.5 Å². The lowest BCUT2D eigenvalue weighted by Crippen LogP contribution is -2.13. The normalized spacial score (nSPS) is 12.9. The second-order valence-corrected chi connectivity index (χ2v) is 10.7. The molecule has 0 saturated heterocycles. The van der Waals surface area contributed by atoms with Crippen LogP contribution in [-0.2, 0) is 16.3 Å². The molecule has 164 valence electrons. The summed E-state index contributed by atoms with van der Waals surface area (Å²) in [5, 5.41) is 1.14. The zero-order valence-corrected chi connectivity index (χ0v) is 19.4. The number of nitrogens with zero attached hydrogens (tertiary/aromatic N) is 1. The zero-order chi connectivity index (χ0) is 22.9. The summed E-state index contributed by atoms with van der Waals surface area (Å²) in [6.45, 7) is 4.40. The van der Waals surface area contributed by atoms with Gasteiger partial charge in [0, 0.05) is 29.4 Å². The van der Waals surface area contributed by atoms with Crippen molar-refractivity contribution < 1.29 is 8.42 Å². The first kappa shape index (κ1) is 22.2. The van der Waals surface area contributed by atoms with Gasteiger partial charge in [-0.05, 0) is 64.9 Å². The molecule has 0 radical (unpaired) electrons. The Morgan fingerprint density at radius 2 is 1.66 bits per heavy atom. The summed E-state index contributed by atoms with van der Waals surface area (Å²) in [4.78, 5) is 4.96. The van der Waals surface area contributed by atoms with Crippen molar-refractivity contribution in [2.24, 2.45) is 5.73 Å². The fourth-order valence-electron chi connectivity index (χ4n) is 3.97. The van der Waals surface area contributed by atoms with E-state index in [4.69, 9.17) is 5.73 Å². The van der Waals surface area contributed by atoms with E-state index in [1.807, 2.05) is 12.3 Å². The highest BCUT2D eigenvalue weighted by Crippen LogP contribution is 2.32. The van der Waals surface area contributed by atoms with Gasteiger partial charge in [0.1, 0.15) is 0 Å². The van der Waals surface area contributed by atoms with Crippen LogP contribution in [0.2, 0.25) is 0 Å². The SMILES string of the molecule is CC(C)c1cc(-c2cccc(CC(N)c3ccc(S(C)(=O)=O)cc3)c2)c2ncccc2c1. The molecule has 32 heavy (non-hydrogen) atoms. The Morgan fingerprint density at radius 1 is 0.906 bits per heavy atom. The van der Waals surface area contributed by atoms with E-state index >= 15 is 0 Å². The maximum atomic E-state index is 11.7. The van der Waals surface area contributed by atoms with E-state index in [2.05, 4.69) is 61.3 Å². The van der Waals surface area contributed by atoms with E-state index in [1.165, 1.54) is 11.8 Å². The molecule has 0 aliphatic heterocycles. The van der Waals surface area contributed by atoms with Crippen molar-refractivity contribution in [1.82, 2.24) is 4.98 Å². The molecule has 1 heterocycles. The Balaban J connectivity index is 1.66. The van der Waals surface area contributed by atoms with Crippen LogP contribution in [-0.4, -0.2) is 19.7 Å². The molecule has 0 saturated carbocycles. The van der Waals surface area contributed by atoms with Gasteiger partial charge in [-0.2, -0.15) is 0 Å². The number of aromatic nitrogens is 1. The molecule has 5 heteroatoms. The maximum Gasteiger partial charge on any atom is 0.175 e. The predicted molar refractivity (Wildman–Crippen MR) is 131 cm³/mol. The van der Waals surface area contributed by atoms with Gasteiger partial charge < -0.3 is 5.73 Å². The van der Waals surface area contributed by atoms with Crippen molar-refractivity contribution >= 4 is 20.7 Å². The molecule has 0 amide bonds. The quantitative estimate of drug-likeness (QED) is 0.416. The van der Waals surface area contributed by atoms with Gasteiger partial charge in [-0.15, -0.1) is 0 Å². The van der Waals surface area contributed by atoms with Gasteiger partial charge in [-0.3, -0.25) is 4.98 Å². The van der Waals surface area contributed by atoms with Gasteiger partial charge in [-0.1, -0.05) is 56.3 Å². The van der Waals surface area contributed by atoms with Crippen molar-refractivity contribution in [2.75, 3.05) is 6.26 Å². The number of hydrogen-bond acceptors (Lipinski definition) is 4. The van der Waals surface area contributed by atoms with Gasteiger partial charge in [0.2, 0.25) is 0 Å². The molecule has 0 aliphatic rings. The molecule has 1 unspecified atom stereocenters. The summed E-state index contributed by atoms with van der Waals surface area (Å²) in [5.41, 5.74) is 13.0. The summed E-state index contributed by atoms with van der Waals surface area (Å²) >= 11 is 0. The zero-order valence-electron chi connectivity index (χ0n) is 18.6. The molecule has 2 N–H and O–H groups in total. The third-order valence-electron chi connectivity index (χ3n) is 5.82. The highest BCUT2D eigenvalue weighted by Gasteiger charge is 2.13. The molecule has 3 aromatic carbocycles. The van der Waals surface area contributed by atoms with Gasteiger partial charge in [-0.25, -0.2) is 8.42 Å². The number of hydrogen-bond donors (Lipinski definition) is 1. The second kappa shape index (κ2) is 8.85. The van der Waals surface area contributed by atoms with Crippen molar-refractivity contribution in [3.63, 3.8) is 0 Å². The number of pyridine rings is 1. The van der Waals surface area contributed by atoms with Crippen LogP contribution in [0.15, 0.2) is 83.9 Å². The Labute approximate surface area is 190 Å². The van der Waals surface area contributed by atoms with E-state index in [9.17, 15) is 8.42 Å². The molecular weight excluding hydrogens is 416 g/mol. The Kier molecular flexibility index (Phi) is 6.13. The highest BCUT2D eigenvalue weighted by molar-refractivity contribution is 7.90. The van der Waals surface area contributed by atoms with Gasteiger partial charge >= 0.3 is 0 Å². The first-order valence-electron chi connectivity index (χ1n) is 10.8. The topological polar surface area (TPSA) is 73.1 Å². The Morgan fingerprint density at radius 3 is 2.34 bits per heavy atom. The van der Waals surface area contributed by atoms with Gasteiger partial charge in [0.15, 0.2) is 9.84 Å².